The van der Waals surface area contributed by atoms with Crippen molar-refractivity contribution in [2.45, 2.75) is 25.2 Å². The summed E-state index contributed by atoms with van der Waals surface area (Å²) in [7, 11) is 0. The van der Waals surface area contributed by atoms with Crippen LogP contribution in [0.5, 0.6) is 5.75 Å². The predicted octanol–water partition coefficient (Wildman–Crippen LogP) is 3.83. The molecule has 0 unspecified atom stereocenters. The van der Waals surface area contributed by atoms with Crippen LogP contribution in [0.3, 0.4) is 0 Å². The van der Waals surface area contributed by atoms with Crippen LogP contribution in [0, 0.1) is 0 Å². The summed E-state index contributed by atoms with van der Waals surface area (Å²) in [5, 5.41) is 3.14. The Morgan fingerprint density at radius 2 is 1.95 bits per heavy atom. The van der Waals surface area contributed by atoms with Gasteiger partial charge in [0.2, 0.25) is 0 Å². The number of anilines is 1. The van der Waals surface area contributed by atoms with Gasteiger partial charge in [-0.3, -0.25) is 0 Å². The summed E-state index contributed by atoms with van der Waals surface area (Å²) in [6, 6.07) is 4.40. The van der Waals surface area contributed by atoms with Gasteiger partial charge in [0.25, 0.3) is 0 Å². The number of alkyl halides is 3. The third kappa shape index (κ3) is 4.47. The molecular formula is C12H13ClF3NO2. The maximum atomic E-state index is 12.1. The second kappa shape index (κ2) is 5.88. The second-order valence-electron chi connectivity index (χ2n) is 4.22. The van der Waals surface area contributed by atoms with Crippen LogP contribution in [-0.2, 0) is 4.74 Å². The summed E-state index contributed by atoms with van der Waals surface area (Å²) < 4.78 is 45.3. The Hall–Kier alpha value is -1.14. The van der Waals surface area contributed by atoms with Crippen molar-refractivity contribution in [2.24, 2.45) is 0 Å². The van der Waals surface area contributed by atoms with E-state index in [0.29, 0.717) is 18.9 Å². The summed E-state index contributed by atoms with van der Waals surface area (Å²) in [6.45, 7) is 1.36. The molecule has 1 aromatic rings. The van der Waals surface area contributed by atoms with Gasteiger partial charge < -0.3 is 14.8 Å². The molecular weight excluding hydrogens is 283 g/mol. The van der Waals surface area contributed by atoms with Crippen molar-refractivity contribution < 1.29 is 22.6 Å². The van der Waals surface area contributed by atoms with Gasteiger partial charge in [0.1, 0.15) is 5.75 Å². The zero-order valence-electron chi connectivity index (χ0n) is 9.97. The summed E-state index contributed by atoms with van der Waals surface area (Å²) in [5.74, 6) is -0.397. The van der Waals surface area contributed by atoms with Crippen LogP contribution < -0.4 is 10.1 Å². The van der Waals surface area contributed by atoms with Crippen molar-refractivity contribution in [1.29, 1.82) is 0 Å². The summed E-state index contributed by atoms with van der Waals surface area (Å²) in [5.41, 5.74) is 0.673. The molecule has 1 aliphatic heterocycles. The summed E-state index contributed by atoms with van der Waals surface area (Å²) >= 11 is 5.76. The molecule has 1 fully saturated rings. The Bertz CT molecular complexity index is 433. The zero-order valence-corrected chi connectivity index (χ0v) is 10.7. The molecule has 19 heavy (non-hydrogen) atoms. The number of rotatable bonds is 3. The fourth-order valence-corrected chi connectivity index (χ4v) is 2.09. The minimum atomic E-state index is -4.74. The van der Waals surface area contributed by atoms with E-state index in [1.54, 1.807) is 0 Å². The molecule has 1 N–H and O–H groups in total. The summed E-state index contributed by atoms with van der Waals surface area (Å²) in [4.78, 5) is 0. The van der Waals surface area contributed by atoms with E-state index in [0.717, 1.165) is 12.8 Å². The van der Waals surface area contributed by atoms with Gasteiger partial charge >= 0.3 is 6.36 Å². The Labute approximate surface area is 113 Å². The van der Waals surface area contributed by atoms with Crippen LogP contribution in [0.25, 0.3) is 0 Å². The molecule has 1 aliphatic rings. The average molecular weight is 296 g/mol. The lowest BCUT2D eigenvalue weighted by Crippen LogP contribution is -2.27. The standard InChI is InChI=1S/C12H13ClF3NO2/c13-10-7-9(17-8-3-5-18-6-4-8)1-2-11(10)19-12(14,15)16/h1-2,7-8,17H,3-6H2. The van der Waals surface area contributed by atoms with Gasteiger partial charge in [0.05, 0.1) is 5.02 Å². The highest BCUT2D eigenvalue weighted by molar-refractivity contribution is 6.32. The van der Waals surface area contributed by atoms with Gasteiger partial charge in [0, 0.05) is 24.9 Å². The first-order valence-electron chi connectivity index (χ1n) is 5.83. The van der Waals surface area contributed by atoms with E-state index < -0.39 is 12.1 Å². The van der Waals surface area contributed by atoms with Crippen molar-refractivity contribution >= 4 is 17.3 Å². The average Bonchev–Trinajstić information content (AvgIpc) is 2.33. The van der Waals surface area contributed by atoms with E-state index in [4.69, 9.17) is 16.3 Å². The van der Waals surface area contributed by atoms with Crippen molar-refractivity contribution in [3.8, 4) is 5.75 Å². The van der Waals surface area contributed by atoms with Gasteiger partial charge in [-0.05, 0) is 31.0 Å². The second-order valence-corrected chi connectivity index (χ2v) is 4.63. The highest BCUT2D eigenvalue weighted by atomic mass is 35.5. The molecule has 0 spiro atoms. The number of ether oxygens (including phenoxy) is 2. The fraction of sp³-hybridized carbons (Fsp3) is 0.500. The molecule has 1 heterocycles. The Kier molecular flexibility index (Phi) is 4.42. The molecule has 0 saturated carbocycles. The van der Waals surface area contributed by atoms with E-state index in [1.165, 1.54) is 18.2 Å². The minimum absolute atomic E-state index is 0.0746. The van der Waals surface area contributed by atoms with E-state index in [2.05, 4.69) is 10.1 Å². The van der Waals surface area contributed by atoms with Gasteiger partial charge in [0.15, 0.2) is 0 Å². The first kappa shape index (κ1) is 14.3. The van der Waals surface area contributed by atoms with E-state index in [9.17, 15) is 13.2 Å². The first-order valence-corrected chi connectivity index (χ1v) is 6.21. The van der Waals surface area contributed by atoms with Gasteiger partial charge in [-0.25, -0.2) is 0 Å². The first-order chi connectivity index (χ1) is 8.94. The third-order valence-corrected chi connectivity index (χ3v) is 3.05. The lowest BCUT2D eigenvalue weighted by molar-refractivity contribution is -0.274. The maximum absolute atomic E-state index is 12.1. The van der Waals surface area contributed by atoms with Crippen molar-refractivity contribution in [2.75, 3.05) is 18.5 Å². The number of hydrogen-bond acceptors (Lipinski definition) is 3. The highest BCUT2D eigenvalue weighted by Crippen LogP contribution is 2.32. The topological polar surface area (TPSA) is 30.5 Å². The fourth-order valence-electron chi connectivity index (χ4n) is 1.88. The predicted molar refractivity (Wildman–Crippen MR) is 65.6 cm³/mol. The molecule has 106 valence electrons. The SMILES string of the molecule is FC(F)(F)Oc1ccc(NC2CCOCC2)cc1Cl. The molecule has 0 atom stereocenters. The van der Waals surface area contributed by atoms with Crippen molar-refractivity contribution in [3.63, 3.8) is 0 Å². The van der Waals surface area contributed by atoms with Crippen molar-refractivity contribution in [3.05, 3.63) is 23.2 Å². The number of nitrogens with one attached hydrogen (secondary N) is 1. The van der Waals surface area contributed by atoms with Gasteiger partial charge in [-0.15, -0.1) is 13.2 Å². The van der Waals surface area contributed by atoms with E-state index >= 15 is 0 Å². The van der Waals surface area contributed by atoms with Crippen molar-refractivity contribution in [1.82, 2.24) is 0 Å². The smallest absolute Gasteiger partial charge is 0.404 e. The molecule has 0 aliphatic carbocycles. The molecule has 0 amide bonds. The molecule has 1 saturated heterocycles. The number of halogens is 4. The number of benzene rings is 1. The zero-order chi connectivity index (χ0) is 13.9. The molecule has 0 radical (unpaired) electrons. The quantitative estimate of drug-likeness (QED) is 0.919. The Morgan fingerprint density at radius 3 is 2.53 bits per heavy atom. The molecule has 0 bridgehead atoms. The maximum Gasteiger partial charge on any atom is 0.573 e. The van der Waals surface area contributed by atoms with Gasteiger partial charge in [-0.1, -0.05) is 11.6 Å². The van der Waals surface area contributed by atoms with Crippen LogP contribution in [0.4, 0.5) is 18.9 Å². The van der Waals surface area contributed by atoms with Crippen LogP contribution in [0.1, 0.15) is 12.8 Å². The normalized spacial score (nSPS) is 17.3. The summed E-state index contributed by atoms with van der Waals surface area (Å²) in [6.07, 6.45) is -3.02. The van der Waals surface area contributed by atoms with Gasteiger partial charge in [-0.2, -0.15) is 0 Å². The van der Waals surface area contributed by atoms with Crippen LogP contribution in [0.2, 0.25) is 5.02 Å². The van der Waals surface area contributed by atoms with Crippen LogP contribution >= 0.6 is 11.6 Å². The highest BCUT2D eigenvalue weighted by Gasteiger charge is 2.32. The minimum Gasteiger partial charge on any atom is -0.404 e. The van der Waals surface area contributed by atoms with Crippen LogP contribution in [0.15, 0.2) is 18.2 Å². The largest absolute Gasteiger partial charge is 0.573 e. The monoisotopic (exact) mass is 295 g/mol. The lowest BCUT2D eigenvalue weighted by Gasteiger charge is -2.24. The lowest BCUT2D eigenvalue weighted by atomic mass is 10.1. The molecule has 1 aromatic carbocycles. The van der Waals surface area contributed by atoms with Crippen LogP contribution in [-0.4, -0.2) is 25.6 Å². The Morgan fingerprint density at radius 1 is 1.26 bits per heavy atom. The molecule has 7 heteroatoms. The number of hydrogen-bond donors (Lipinski definition) is 1. The van der Waals surface area contributed by atoms with E-state index in [-0.39, 0.29) is 11.1 Å². The molecule has 2 rings (SSSR count). The third-order valence-electron chi connectivity index (χ3n) is 2.75. The molecule has 0 aromatic heterocycles. The molecule has 3 nitrogen and oxygen atoms in total. The Balaban J connectivity index is 2.01. The van der Waals surface area contributed by atoms with E-state index in [1.807, 2.05) is 0 Å².